The first-order valence-corrected chi connectivity index (χ1v) is 5.64. The van der Waals surface area contributed by atoms with Gasteiger partial charge in [0.25, 0.3) is 0 Å². The first kappa shape index (κ1) is 21.1. The van der Waals surface area contributed by atoms with Gasteiger partial charge < -0.3 is 19.7 Å². The number of hydrogen-bond acceptors (Lipinski definition) is 6. The number of allylic oxidation sites excluding steroid dienone is 4. The molecule has 0 aliphatic heterocycles. The summed E-state index contributed by atoms with van der Waals surface area (Å²) in [5, 5.41) is 16.0. The molecule has 0 rings (SSSR count). The summed E-state index contributed by atoms with van der Waals surface area (Å²) >= 11 is 0. The van der Waals surface area contributed by atoms with Gasteiger partial charge in [-0.05, 0) is 0 Å². The van der Waals surface area contributed by atoms with Crippen LogP contribution in [0.2, 0.25) is 0 Å². The topological polar surface area (TPSA) is 127 Å². The van der Waals surface area contributed by atoms with Crippen LogP contribution in [0.25, 0.3) is 0 Å². The second kappa shape index (κ2) is 14.3. The van der Waals surface area contributed by atoms with Gasteiger partial charge in [-0.15, -0.1) is 0 Å². The molecule has 0 bridgehead atoms. The molecule has 0 unspecified atom stereocenters. The van der Waals surface area contributed by atoms with Crippen LogP contribution in [-0.2, 0) is 28.7 Å². The highest BCUT2D eigenvalue weighted by molar-refractivity contribution is 5.84. The van der Waals surface area contributed by atoms with Crippen molar-refractivity contribution in [1.82, 2.24) is 0 Å². The molecule has 0 saturated carbocycles. The Hall–Kier alpha value is -3.16. The van der Waals surface area contributed by atoms with E-state index < -0.39 is 23.9 Å². The number of carboxylic acid groups (broad SMARTS) is 2. The van der Waals surface area contributed by atoms with Crippen molar-refractivity contribution in [1.29, 1.82) is 0 Å². The number of hydrogen-bond donors (Lipinski definition) is 2. The Morgan fingerprint density at radius 3 is 1.14 bits per heavy atom. The smallest absolute Gasteiger partial charge is 0.330 e. The molecule has 8 heteroatoms. The number of methoxy groups -OCH3 is 2. The molecular formula is C14H16O8. The standard InChI is InChI=1S/C8H10O4.C6H6O4/c1-11-7(9)5-3-4-6-8(10)12-2;7-5(8)3-1-2-4-6(9)10/h3-6H,1-2H3;1-4H,(H,7,8)(H,9,10)/b5-3+,6-4+;3-1+,4-2+. The molecule has 120 valence electrons. The third kappa shape index (κ3) is 19.2. The van der Waals surface area contributed by atoms with E-state index in [1.54, 1.807) is 0 Å². The minimum Gasteiger partial charge on any atom is -0.478 e. The molecule has 0 radical (unpaired) electrons. The lowest BCUT2D eigenvalue weighted by Gasteiger charge is -1.87. The van der Waals surface area contributed by atoms with E-state index >= 15 is 0 Å². The predicted molar refractivity (Wildman–Crippen MR) is 75.9 cm³/mol. The van der Waals surface area contributed by atoms with Crippen LogP contribution in [0.1, 0.15) is 0 Å². The molecule has 0 aliphatic carbocycles. The van der Waals surface area contributed by atoms with Crippen molar-refractivity contribution in [3.63, 3.8) is 0 Å². The van der Waals surface area contributed by atoms with E-state index in [-0.39, 0.29) is 0 Å². The molecule has 0 aliphatic rings. The van der Waals surface area contributed by atoms with Gasteiger partial charge in [0.1, 0.15) is 0 Å². The number of carbonyl (C=O) groups excluding carboxylic acids is 2. The highest BCUT2D eigenvalue weighted by Crippen LogP contribution is 1.82. The minimum atomic E-state index is -1.10. The summed E-state index contributed by atoms with van der Waals surface area (Å²) in [5.41, 5.74) is 0. The highest BCUT2D eigenvalue weighted by Gasteiger charge is 1.89. The maximum Gasteiger partial charge on any atom is 0.330 e. The third-order valence-corrected chi connectivity index (χ3v) is 1.57. The molecule has 0 saturated heterocycles. The highest BCUT2D eigenvalue weighted by atomic mass is 16.5. The van der Waals surface area contributed by atoms with Crippen LogP contribution < -0.4 is 0 Å². The lowest BCUT2D eigenvalue weighted by molar-refractivity contribution is -0.135. The molecule has 2 N–H and O–H groups in total. The Kier molecular flexibility index (Phi) is 13.7. The summed E-state index contributed by atoms with van der Waals surface area (Å²) in [6.07, 6.45) is 9.14. The van der Waals surface area contributed by atoms with Gasteiger partial charge in [0.15, 0.2) is 0 Å². The second-order valence-electron chi connectivity index (χ2n) is 3.16. The number of aliphatic carboxylic acids is 2. The zero-order chi connectivity index (χ0) is 17.4. The summed E-state index contributed by atoms with van der Waals surface area (Å²) in [7, 11) is 2.55. The fourth-order valence-electron chi connectivity index (χ4n) is 0.680. The zero-order valence-electron chi connectivity index (χ0n) is 12.0. The van der Waals surface area contributed by atoms with Crippen LogP contribution >= 0.6 is 0 Å². The second-order valence-corrected chi connectivity index (χ2v) is 3.16. The molecule has 0 amide bonds. The fourth-order valence-corrected chi connectivity index (χ4v) is 0.680. The average Bonchev–Trinajstić information content (AvgIpc) is 2.47. The van der Waals surface area contributed by atoms with Crippen molar-refractivity contribution in [2.45, 2.75) is 0 Å². The number of ether oxygens (including phenoxy) is 2. The van der Waals surface area contributed by atoms with Crippen LogP contribution in [0.4, 0.5) is 0 Å². The van der Waals surface area contributed by atoms with Crippen LogP contribution in [0.15, 0.2) is 48.6 Å². The van der Waals surface area contributed by atoms with Gasteiger partial charge in [-0.25, -0.2) is 19.2 Å². The van der Waals surface area contributed by atoms with Crippen LogP contribution in [0, 0.1) is 0 Å². The first-order chi connectivity index (χ1) is 10.3. The predicted octanol–water partition coefficient (Wildman–Crippen LogP) is 0.713. The Morgan fingerprint density at radius 1 is 0.636 bits per heavy atom. The van der Waals surface area contributed by atoms with Gasteiger partial charge in [-0.3, -0.25) is 0 Å². The van der Waals surface area contributed by atoms with Gasteiger partial charge >= 0.3 is 23.9 Å². The van der Waals surface area contributed by atoms with Crippen molar-refractivity contribution in [2.24, 2.45) is 0 Å². The molecule has 0 atom stereocenters. The summed E-state index contributed by atoms with van der Waals surface area (Å²) in [5.74, 6) is -3.14. The molecule has 0 aromatic heterocycles. The largest absolute Gasteiger partial charge is 0.478 e. The maximum absolute atomic E-state index is 10.5. The molecule has 0 spiro atoms. The quantitative estimate of drug-likeness (QED) is 0.417. The average molecular weight is 312 g/mol. The zero-order valence-corrected chi connectivity index (χ0v) is 12.0. The molecular weight excluding hydrogens is 296 g/mol. The minimum absolute atomic E-state index is 0.468. The molecule has 0 aromatic rings. The number of carboxylic acids is 2. The van der Waals surface area contributed by atoms with Crippen molar-refractivity contribution in [3.8, 4) is 0 Å². The fraction of sp³-hybridized carbons (Fsp3) is 0.143. The third-order valence-electron chi connectivity index (χ3n) is 1.57. The monoisotopic (exact) mass is 312 g/mol. The van der Waals surface area contributed by atoms with Crippen molar-refractivity contribution < 1.29 is 38.9 Å². The number of carbonyl (C=O) groups is 4. The van der Waals surface area contributed by atoms with E-state index in [0.29, 0.717) is 0 Å². The lowest BCUT2D eigenvalue weighted by Crippen LogP contribution is -1.94. The van der Waals surface area contributed by atoms with Gasteiger partial charge in [-0.2, -0.15) is 0 Å². The van der Waals surface area contributed by atoms with Crippen molar-refractivity contribution in [3.05, 3.63) is 48.6 Å². The van der Waals surface area contributed by atoms with Gasteiger partial charge in [0.2, 0.25) is 0 Å². The molecule has 0 aromatic carbocycles. The van der Waals surface area contributed by atoms with Crippen molar-refractivity contribution >= 4 is 23.9 Å². The summed E-state index contributed by atoms with van der Waals surface area (Å²) in [6.45, 7) is 0. The Labute approximate surface area is 126 Å². The first-order valence-electron chi connectivity index (χ1n) is 5.64. The molecule has 0 fully saturated rings. The Bertz CT molecular complexity index is 451. The van der Waals surface area contributed by atoms with Gasteiger partial charge in [0, 0.05) is 24.3 Å². The number of rotatable bonds is 6. The van der Waals surface area contributed by atoms with E-state index in [4.69, 9.17) is 10.2 Å². The van der Waals surface area contributed by atoms with Crippen LogP contribution in [-0.4, -0.2) is 48.3 Å². The molecule has 0 heterocycles. The van der Waals surface area contributed by atoms with E-state index in [1.165, 1.54) is 38.5 Å². The van der Waals surface area contributed by atoms with E-state index in [0.717, 1.165) is 24.3 Å². The van der Waals surface area contributed by atoms with Crippen molar-refractivity contribution in [2.75, 3.05) is 14.2 Å². The summed E-state index contributed by atoms with van der Waals surface area (Å²) in [6, 6.07) is 0. The SMILES string of the molecule is COC(=O)/C=C/C=C/C(=O)OC.O=C(O)/C=C/C=C/C(=O)O. The van der Waals surface area contributed by atoms with E-state index in [2.05, 4.69) is 9.47 Å². The van der Waals surface area contributed by atoms with E-state index in [9.17, 15) is 19.2 Å². The summed E-state index contributed by atoms with van der Waals surface area (Å²) < 4.78 is 8.62. The molecule has 8 nitrogen and oxygen atoms in total. The van der Waals surface area contributed by atoms with Crippen LogP contribution in [0.3, 0.4) is 0 Å². The summed E-state index contributed by atoms with van der Waals surface area (Å²) in [4.78, 5) is 40.5. The number of esters is 2. The van der Waals surface area contributed by atoms with E-state index in [1.807, 2.05) is 0 Å². The maximum atomic E-state index is 10.5. The Balaban J connectivity index is 0. The normalized spacial score (nSPS) is 10.6. The molecule has 22 heavy (non-hydrogen) atoms. The van der Waals surface area contributed by atoms with Crippen LogP contribution in [0.5, 0.6) is 0 Å². The Morgan fingerprint density at radius 2 is 0.909 bits per heavy atom. The van der Waals surface area contributed by atoms with Gasteiger partial charge in [-0.1, -0.05) is 24.3 Å². The lowest BCUT2D eigenvalue weighted by atomic mass is 10.4. The van der Waals surface area contributed by atoms with Gasteiger partial charge in [0.05, 0.1) is 14.2 Å².